The maximum atomic E-state index is 2.31. The molecule has 0 amide bonds. The number of hydrogen-bond donors (Lipinski definition) is 2. The highest BCUT2D eigenvalue weighted by Crippen LogP contribution is 2.52. The summed E-state index contributed by atoms with van der Waals surface area (Å²) in [5.41, 5.74) is 0. The van der Waals surface area contributed by atoms with Gasteiger partial charge in [0.15, 0.2) is 0 Å². The van der Waals surface area contributed by atoms with Gasteiger partial charge in [-0.2, -0.15) is 21.8 Å². The molecule has 6 rings (SSSR count). The standard InChI is InChI=1S/C36H30S3/c1-5-13-31(14-6-1)38(32-15-7-2-8-16-32)35-25-21-29(22-26-35)37-30-23-27-36(28-24-30)39(33-17-9-3-10-18-33)34-19-11-4-12-20-34/h1-28,38-39H. The number of benzene rings is 6. The molecule has 0 atom stereocenters. The van der Waals surface area contributed by atoms with Crippen LogP contribution in [0.1, 0.15) is 0 Å². The molecule has 192 valence electrons. The van der Waals surface area contributed by atoms with Crippen molar-refractivity contribution in [3.05, 3.63) is 170 Å². The molecule has 6 aromatic carbocycles. The smallest absolute Gasteiger partial charge is 0.0123 e. The van der Waals surface area contributed by atoms with Crippen LogP contribution in [-0.4, -0.2) is 0 Å². The first-order valence-electron chi connectivity index (χ1n) is 13.0. The second kappa shape index (κ2) is 12.5. The molecule has 0 nitrogen and oxygen atoms in total. The zero-order chi connectivity index (χ0) is 26.3. The van der Waals surface area contributed by atoms with E-state index < -0.39 is 21.8 Å². The van der Waals surface area contributed by atoms with E-state index in [0.29, 0.717) is 0 Å². The Hall–Kier alpha value is -3.63. The van der Waals surface area contributed by atoms with E-state index in [0.717, 1.165) is 0 Å². The Morgan fingerprint density at radius 1 is 0.256 bits per heavy atom. The summed E-state index contributed by atoms with van der Waals surface area (Å²) in [6.45, 7) is 0. The molecule has 0 saturated carbocycles. The lowest BCUT2D eigenvalue weighted by molar-refractivity contribution is 1.28. The number of thiol groups is 2. The van der Waals surface area contributed by atoms with Crippen LogP contribution in [0.5, 0.6) is 0 Å². The van der Waals surface area contributed by atoms with Gasteiger partial charge < -0.3 is 0 Å². The third-order valence-electron chi connectivity index (χ3n) is 6.48. The van der Waals surface area contributed by atoms with Crippen LogP contribution in [0.2, 0.25) is 0 Å². The van der Waals surface area contributed by atoms with Crippen molar-refractivity contribution in [1.29, 1.82) is 0 Å². The molecule has 39 heavy (non-hydrogen) atoms. The van der Waals surface area contributed by atoms with Crippen LogP contribution >= 0.6 is 33.6 Å². The highest BCUT2D eigenvalue weighted by Gasteiger charge is 2.14. The summed E-state index contributed by atoms with van der Waals surface area (Å²) in [5, 5.41) is 0. The lowest BCUT2D eigenvalue weighted by atomic mass is 10.3. The minimum atomic E-state index is -0.581. The Kier molecular flexibility index (Phi) is 8.21. The van der Waals surface area contributed by atoms with Crippen LogP contribution in [0.3, 0.4) is 0 Å². The van der Waals surface area contributed by atoms with Gasteiger partial charge in [-0.25, -0.2) is 0 Å². The third-order valence-corrected chi connectivity index (χ3v) is 12.4. The predicted molar refractivity (Wildman–Crippen MR) is 170 cm³/mol. The largest absolute Gasteiger partial charge is 0.173 e. The topological polar surface area (TPSA) is 0 Å². The van der Waals surface area contributed by atoms with Gasteiger partial charge in [0.05, 0.1) is 0 Å². The highest BCUT2D eigenvalue weighted by molar-refractivity contribution is 8.17. The minimum Gasteiger partial charge on any atom is -0.173 e. The molecule has 0 fully saturated rings. The molecular weight excluding hydrogens is 529 g/mol. The zero-order valence-corrected chi connectivity index (χ0v) is 24.1. The molecule has 0 spiro atoms. The van der Waals surface area contributed by atoms with Gasteiger partial charge in [-0.1, -0.05) is 84.6 Å². The highest BCUT2D eigenvalue weighted by atomic mass is 32.2. The van der Waals surface area contributed by atoms with E-state index in [1.165, 1.54) is 39.2 Å². The van der Waals surface area contributed by atoms with E-state index in [1.54, 1.807) is 0 Å². The molecule has 0 radical (unpaired) electrons. The molecule has 0 unspecified atom stereocenters. The van der Waals surface area contributed by atoms with Crippen molar-refractivity contribution in [2.45, 2.75) is 39.2 Å². The molecule has 6 aromatic rings. The van der Waals surface area contributed by atoms with Crippen LogP contribution < -0.4 is 0 Å². The number of rotatable bonds is 8. The zero-order valence-electron chi connectivity index (χ0n) is 21.5. The molecule has 0 aliphatic heterocycles. The summed E-state index contributed by atoms with van der Waals surface area (Å²) in [7, 11) is -1.16. The minimum absolute atomic E-state index is 0.581. The van der Waals surface area contributed by atoms with E-state index >= 15 is 0 Å². The van der Waals surface area contributed by atoms with Gasteiger partial charge in [0.1, 0.15) is 0 Å². The maximum Gasteiger partial charge on any atom is 0.0123 e. The van der Waals surface area contributed by atoms with Crippen LogP contribution in [0.15, 0.2) is 209 Å². The van der Waals surface area contributed by atoms with Crippen molar-refractivity contribution in [2.24, 2.45) is 0 Å². The molecule has 0 N–H and O–H groups in total. The molecule has 3 heteroatoms. The van der Waals surface area contributed by atoms with Crippen molar-refractivity contribution in [2.75, 3.05) is 0 Å². The van der Waals surface area contributed by atoms with E-state index in [4.69, 9.17) is 0 Å². The van der Waals surface area contributed by atoms with E-state index in [2.05, 4.69) is 170 Å². The van der Waals surface area contributed by atoms with Crippen molar-refractivity contribution in [1.82, 2.24) is 0 Å². The fourth-order valence-electron chi connectivity index (χ4n) is 4.67. The molecule has 0 aliphatic rings. The van der Waals surface area contributed by atoms with Gasteiger partial charge in [-0.3, -0.25) is 0 Å². The summed E-state index contributed by atoms with van der Waals surface area (Å²) in [6, 6.07) is 61.9. The maximum absolute atomic E-state index is 2.31. The second-order valence-electron chi connectivity index (χ2n) is 9.10. The van der Waals surface area contributed by atoms with E-state index in [-0.39, 0.29) is 0 Å². The van der Waals surface area contributed by atoms with Crippen molar-refractivity contribution in [3.8, 4) is 0 Å². The quantitative estimate of drug-likeness (QED) is 0.175. The lowest BCUT2D eigenvalue weighted by Gasteiger charge is -2.24. The Balaban J connectivity index is 1.24. The first kappa shape index (κ1) is 25.6. The van der Waals surface area contributed by atoms with E-state index in [9.17, 15) is 0 Å². The average molecular weight is 559 g/mol. The second-order valence-corrected chi connectivity index (χ2v) is 14.7. The third kappa shape index (κ3) is 6.17. The van der Waals surface area contributed by atoms with E-state index in [1.807, 2.05) is 11.8 Å². The SMILES string of the molecule is c1ccc([SH](c2ccccc2)c2ccc(Sc3ccc([SH](c4ccccc4)c4ccccc4)cc3)cc2)cc1. The van der Waals surface area contributed by atoms with Gasteiger partial charge in [0.25, 0.3) is 0 Å². The van der Waals surface area contributed by atoms with Gasteiger partial charge in [0.2, 0.25) is 0 Å². The predicted octanol–water partition coefficient (Wildman–Crippen LogP) is 10.8. The Morgan fingerprint density at radius 3 is 0.744 bits per heavy atom. The average Bonchev–Trinajstić information content (AvgIpc) is 3.01. The normalized spacial score (nSPS) is 11.6. The van der Waals surface area contributed by atoms with Crippen LogP contribution in [0, 0.1) is 0 Å². The van der Waals surface area contributed by atoms with Gasteiger partial charge in [0, 0.05) is 9.79 Å². The summed E-state index contributed by atoms with van der Waals surface area (Å²) in [6.07, 6.45) is 0. The summed E-state index contributed by atoms with van der Waals surface area (Å²) < 4.78 is 0. The molecule has 0 heterocycles. The number of hydrogen-bond acceptors (Lipinski definition) is 1. The van der Waals surface area contributed by atoms with Crippen molar-refractivity contribution in [3.63, 3.8) is 0 Å². The van der Waals surface area contributed by atoms with Gasteiger partial charge in [-0.05, 0) is 126 Å². The molecule has 0 aliphatic carbocycles. The Labute approximate surface area is 241 Å². The van der Waals surface area contributed by atoms with Crippen LogP contribution in [-0.2, 0) is 0 Å². The van der Waals surface area contributed by atoms with Crippen molar-refractivity contribution < 1.29 is 0 Å². The Morgan fingerprint density at radius 2 is 0.487 bits per heavy atom. The summed E-state index contributed by atoms with van der Waals surface area (Å²) in [4.78, 5) is 10.8. The summed E-state index contributed by atoms with van der Waals surface area (Å²) >= 11 is 1.83. The van der Waals surface area contributed by atoms with Gasteiger partial charge >= 0.3 is 0 Å². The lowest BCUT2D eigenvalue weighted by Crippen LogP contribution is -1.88. The fraction of sp³-hybridized carbons (Fsp3) is 0. The van der Waals surface area contributed by atoms with Gasteiger partial charge in [-0.15, -0.1) is 0 Å². The molecule has 0 saturated heterocycles. The fourth-order valence-corrected chi connectivity index (χ4v) is 10.0. The van der Waals surface area contributed by atoms with Crippen molar-refractivity contribution >= 4 is 33.6 Å². The van der Waals surface area contributed by atoms with Crippen LogP contribution in [0.25, 0.3) is 0 Å². The monoisotopic (exact) mass is 558 g/mol. The molecule has 0 bridgehead atoms. The first-order chi connectivity index (χ1) is 19.3. The summed E-state index contributed by atoms with van der Waals surface area (Å²) in [5.74, 6) is 0. The first-order valence-corrected chi connectivity index (χ1v) is 16.5. The molecular formula is C36H30S3. The molecule has 0 aromatic heterocycles. The Bertz CT molecular complexity index is 1380. The van der Waals surface area contributed by atoms with Crippen LogP contribution in [0.4, 0.5) is 0 Å².